The van der Waals surface area contributed by atoms with Gasteiger partial charge in [-0.25, -0.2) is 0 Å². The molecule has 3 N–H and O–H groups in total. The van der Waals surface area contributed by atoms with Gasteiger partial charge in [-0.05, 0) is 79.3 Å². The topological polar surface area (TPSA) is 60.7 Å². The molecule has 0 heterocycles. The number of aliphatic hydroxyl groups is 3. The van der Waals surface area contributed by atoms with Gasteiger partial charge < -0.3 is 15.3 Å². The van der Waals surface area contributed by atoms with E-state index in [2.05, 4.69) is 32.6 Å². The van der Waals surface area contributed by atoms with E-state index in [1.165, 1.54) is 31.3 Å². The van der Waals surface area contributed by atoms with Crippen LogP contribution in [0, 0.1) is 23.2 Å². The monoisotopic (exact) mass is 360 g/mol. The zero-order chi connectivity index (χ0) is 18.9. The molecule has 0 bridgehead atoms. The number of hydrogen-bond acceptors (Lipinski definition) is 3. The summed E-state index contributed by atoms with van der Waals surface area (Å²) in [7, 11) is 0. The van der Waals surface area contributed by atoms with Gasteiger partial charge in [0.1, 0.15) is 0 Å². The molecule has 3 saturated carbocycles. The Balaban J connectivity index is 1.80. The van der Waals surface area contributed by atoms with E-state index in [1.54, 1.807) is 0 Å². The standard InChI is InChI=1S/C23H36O3/c1-15(10-12-24)20-8-9-21-17(5-4-11-23(20,21)3)6-7-18-13-19(25)14-22(26)16(18)2/h6-7,15,19-22,24-26H,2,4-5,8-14H2,1,3H3/b17-6+,18-7+/t15-,19-,20-,21+,22+,23-/m1/s1. The van der Waals surface area contributed by atoms with Crippen LogP contribution in [-0.2, 0) is 0 Å². The van der Waals surface area contributed by atoms with Crippen LogP contribution in [0.15, 0.2) is 35.5 Å². The summed E-state index contributed by atoms with van der Waals surface area (Å²) in [4.78, 5) is 0. The van der Waals surface area contributed by atoms with E-state index in [4.69, 9.17) is 0 Å². The lowest BCUT2D eigenvalue weighted by atomic mass is 9.61. The lowest BCUT2D eigenvalue weighted by molar-refractivity contribution is 0.0849. The van der Waals surface area contributed by atoms with Crippen molar-refractivity contribution in [2.45, 2.75) is 77.4 Å². The van der Waals surface area contributed by atoms with Crippen LogP contribution < -0.4 is 0 Å². The summed E-state index contributed by atoms with van der Waals surface area (Å²) in [5.74, 6) is 1.91. The normalized spacial score (nSPS) is 42.3. The summed E-state index contributed by atoms with van der Waals surface area (Å²) >= 11 is 0. The number of rotatable bonds is 4. The molecular formula is C23H36O3. The van der Waals surface area contributed by atoms with Crippen LogP contribution in [0.5, 0.6) is 0 Å². The zero-order valence-corrected chi connectivity index (χ0v) is 16.5. The van der Waals surface area contributed by atoms with Crippen molar-refractivity contribution in [1.29, 1.82) is 0 Å². The molecule has 0 spiro atoms. The Hall–Kier alpha value is -0.900. The van der Waals surface area contributed by atoms with Gasteiger partial charge in [0.2, 0.25) is 0 Å². The van der Waals surface area contributed by atoms with Gasteiger partial charge in [-0.3, -0.25) is 0 Å². The lowest BCUT2D eigenvalue weighted by Gasteiger charge is -2.44. The third-order valence-corrected chi connectivity index (χ3v) is 7.57. The van der Waals surface area contributed by atoms with Crippen LogP contribution in [-0.4, -0.2) is 34.1 Å². The van der Waals surface area contributed by atoms with Crippen molar-refractivity contribution in [3.8, 4) is 0 Å². The maximum absolute atomic E-state index is 10.1. The molecule has 0 radical (unpaired) electrons. The molecule has 0 unspecified atom stereocenters. The predicted molar refractivity (Wildman–Crippen MR) is 106 cm³/mol. The quantitative estimate of drug-likeness (QED) is 0.706. The van der Waals surface area contributed by atoms with Gasteiger partial charge in [-0.2, -0.15) is 0 Å². The van der Waals surface area contributed by atoms with Crippen LogP contribution in [0.25, 0.3) is 0 Å². The fourth-order valence-electron chi connectivity index (χ4n) is 6.08. The largest absolute Gasteiger partial charge is 0.396 e. The number of aliphatic hydroxyl groups excluding tert-OH is 3. The van der Waals surface area contributed by atoms with Gasteiger partial charge in [0, 0.05) is 13.0 Å². The fraction of sp³-hybridized carbons (Fsp3) is 0.739. The molecule has 0 aromatic carbocycles. The van der Waals surface area contributed by atoms with E-state index in [1.807, 2.05) is 0 Å². The van der Waals surface area contributed by atoms with Gasteiger partial charge in [0.25, 0.3) is 0 Å². The average molecular weight is 361 g/mol. The summed E-state index contributed by atoms with van der Waals surface area (Å²) in [5, 5.41) is 29.4. The van der Waals surface area contributed by atoms with Gasteiger partial charge in [-0.15, -0.1) is 0 Å². The second-order valence-corrected chi connectivity index (χ2v) is 9.15. The molecule has 3 nitrogen and oxygen atoms in total. The van der Waals surface area contributed by atoms with E-state index >= 15 is 0 Å². The summed E-state index contributed by atoms with van der Waals surface area (Å²) in [6.45, 7) is 9.10. The third-order valence-electron chi connectivity index (χ3n) is 7.57. The highest BCUT2D eigenvalue weighted by molar-refractivity contribution is 5.38. The van der Waals surface area contributed by atoms with Crippen molar-refractivity contribution >= 4 is 0 Å². The van der Waals surface area contributed by atoms with Crippen molar-refractivity contribution < 1.29 is 15.3 Å². The molecule has 6 atom stereocenters. The number of hydrogen-bond donors (Lipinski definition) is 3. The molecule has 0 saturated heterocycles. The van der Waals surface area contributed by atoms with Crippen LogP contribution in [0.2, 0.25) is 0 Å². The van der Waals surface area contributed by atoms with Gasteiger partial charge in [0.05, 0.1) is 12.2 Å². The Morgan fingerprint density at radius 2 is 2.04 bits per heavy atom. The summed E-state index contributed by atoms with van der Waals surface area (Å²) in [5.41, 5.74) is 3.65. The first kappa shape index (κ1) is 19.9. The minimum Gasteiger partial charge on any atom is -0.396 e. The molecule has 0 aromatic rings. The van der Waals surface area contributed by atoms with Gasteiger partial charge in [0.15, 0.2) is 0 Å². The van der Waals surface area contributed by atoms with E-state index in [0.717, 1.165) is 24.0 Å². The third kappa shape index (κ3) is 3.72. The zero-order valence-electron chi connectivity index (χ0n) is 16.5. The fourth-order valence-corrected chi connectivity index (χ4v) is 6.08. The Bertz CT molecular complexity index is 590. The maximum atomic E-state index is 10.1. The average Bonchev–Trinajstić information content (AvgIpc) is 2.94. The first-order chi connectivity index (χ1) is 12.4. The minimum atomic E-state index is -0.616. The SMILES string of the molecule is C=C1/C(=C/C=C2\CCC[C@]3(C)[C@@H]([C@H](C)CCO)CC[C@@H]23)C[C@@H](O)C[C@@H]1O. The van der Waals surface area contributed by atoms with Crippen LogP contribution in [0.1, 0.15) is 65.2 Å². The smallest absolute Gasteiger partial charge is 0.0811 e. The Morgan fingerprint density at radius 1 is 1.27 bits per heavy atom. The molecule has 0 aliphatic heterocycles. The van der Waals surface area contributed by atoms with Crippen molar-refractivity contribution in [3.05, 3.63) is 35.5 Å². The Labute approximate surface area is 158 Å². The number of allylic oxidation sites excluding steroid dienone is 3. The highest BCUT2D eigenvalue weighted by atomic mass is 16.3. The first-order valence-corrected chi connectivity index (χ1v) is 10.4. The van der Waals surface area contributed by atoms with Crippen molar-refractivity contribution in [1.82, 2.24) is 0 Å². The van der Waals surface area contributed by atoms with Gasteiger partial charge in [-0.1, -0.05) is 38.2 Å². The first-order valence-electron chi connectivity index (χ1n) is 10.4. The highest BCUT2D eigenvalue weighted by Crippen LogP contribution is 2.59. The molecule has 3 aliphatic rings. The second kappa shape index (κ2) is 8.00. The molecule has 26 heavy (non-hydrogen) atoms. The van der Waals surface area contributed by atoms with E-state index in [9.17, 15) is 15.3 Å². The van der Waals surface area contributed by atoms with Crippen molar-refractivity contribution in [2.24, 2.45) is 23.2 Å². The molecule has 0 aromatic heterocycles. The highest BCUT2D eigenvalue weighted by Gasteiger charge is 2.50. The van der Waals surface area contributed by atoms with E-state index in [-0.39, 0.29) is 0 Å². The van der Waals surface area contributed by atoms with E-state index < -0.39 is 12.2 Å². The van der Waals surface area contributed by atoms with Crippen LogP contribution in [0.3, 0.4) is 0 Å². The molecule has 0 amide bonds. The molecule has 3 fully saturated rings. The van der Waals surface area contributed by atoms with Crippen molar-refractivity contribution in [3.63, 3.8) is 0 Å². The minimum absolute atomic E-state index is 0.292. The van der Waals surface area contributed by atoms with Crippen LogP contribution in [0.4, 0.5) is 0 Å². The molecule has 3 rings (SSSR count). The molecule has 3 heteroatoms. The second-order valence-electron chi connectivity index (χ2n) is 9.15. The Morgan fingerprint density at radius 3 is 2.77 bits per heavy atom. The van der Waals surface area contributed by atoms with Crippen LogP contribution >= 0.6 is 0 Å². The summed E-state index contributed by atoms with van der Waals surface area (Å²) < 4.78 is 0. The Kier molecular flexibility index (Phi) is 6.11. The maximum Gasteiger partial charge on any atom is 0.0811 e. The number of fused-ring (bicyclic) bond motifs is 1. The predicted octanol–water partition coefficient (Wildman–Crippen LogP) is 4.15. The molecular weight excluding hydrogens is 324 g/mol. The van der Waals surface area contributed by atoms with Gasteiger partial charge >= 0.3 is 0 Å². The van der Waals surface area contributed by atoms with Crippen molar-refractivity contribution in [2.75, 3.05) is 6.61 Å². The lowest BCUT2D eigenvalue weighted by Crippen LogP contribution is -2.36. The summed E-state index contributed by atoms with van der Waals surface area (Å²) in [6.07, 6.45) is 11.4. The van der Waals surface area contributed by atoms with E-state index in [0.29, 0.717) is 42.6 Å². The molecule has 146 valence electrons. The summed E-state index contributed by atoms with van der Waals surface area (Å²) in [6, 6.07) is 0. The molecule has 3 aliphatic carbocycles.